The van der Waals surface area contributed by atoms with Gasteiger partial charge in [0.05, 0.1) is 25.4 Å². The van der Waals surface area contributed by atoms with Crippen LogP contribution in [0.1, 0.15) is 258 Å². The summed E-state index contributed by atoms with van der Waals surface area (Å²) in [4.78, 5) is 13.0. The summed E-state index contributed by atoms with van der Waals surface area (Å²) in [7, 11) is 0. The Morgan fingerprint density at radius 3 is 1.32 bits per heavy atom. The lowest BCUT2D eigenvalue weighted by Gasteiger charge is -2.40. The Labute approximate surface area is 400 Å². The predicted molar refractivity (Wildman–Crippen MR) is 272 cm³/mol. The molecule has 0 spiro atoms. The maximum Gasteiger partial charge on any atom is 0.220 e. The van der Waals surface area contributed by atoms with Crippen LogP contribution in [0.25, 0.3) is 0 Å². The van der Waals surface area contributed by atoms with E-state index in [1.807, 2.05) is 6.08 Å². The molecule has 0 aliphatic carbocycles. The molecule has 1 aliphatic rings. The first-order chi connectivity index (χ1) is 31.8. The molecule has 65 heavy (non-hydrogen) atoms. The van der Waals surface area contributed by atoms with E-state index in [9.17, 15) is 30.3 Å². The number of hydrogen-bond acceptors (Lipinski definition) is 8. The smallest absolute Gasteiger partial charge is 0.220 e. The van der Waals surface area contributed by atoms with Gasteiger partial charge in [0.15, 0.2) is 6.29 Å². The van der Waals surface area contributed by atoms with Gasteiger partial charge in [0.2, 0.25) is 5.91 Å². The van der Waals surface area contributed by atoms with Crippen LogP contribution in [0.15, 0.2) is 36.5 Å². The summed E-state index contributed by atoms with van der Waals surface area (Å²) in [5, 5.41) is 54.1. The van der Waals surface area contributed by atoms with E-state index in [2.05, 4.69) is 43.5 Å². The van der Waals surface area contributed by atoms with E-state index in [0.29, 0.717) is 6.42 Å². The minimum atomic E-state index is -1.57. The van der Waals surface area contributed by atoms with Gasteiger partial charge < -0.3 is 40.3 Å². The second-order valence-corrected chi connectivity index (χ2v) is 19.4. The highest BCUT2D eigenvalue weighted by molar-refractivity contribution is 5.76. The Kier molecular flexibility index (Phi) is 43.6. The number of nitrogens with one attached hydrogen (secondary N) is 1. The van der Waals surface area contributed by atoms with E-state index in [1.165, 1.54) is 199 Å². The van der Waals surface area contributed by atoms with Crippen LogP contribution in [0.3, 0.4) is 0 Å². The van der Waals surface area contributed by atoms with Gasteiger partial charge in [0.25, 0.3) is 0 Å². The number of allylic oxidation sites excluding steroid dienone is 5. The summed E-state index contributed by atoms with van der Waals surface area (Å²) in [5.74, 6) is -0.187. The number of rotatable bonds is 47. The van der Waals surface area contributed by atoms with Gasteiger partial charge in [-0.3, -0.25) is 4.79 Å². The summed E-state index contributed by atoms with van der Waals surface area (Å²) in [6.45, 7) is 3.72. The van der Waals surface area contributed by atoms with Crippen molar-refractivity contribution >= 4 is 5.91 Å². The van der Waals surface area contributed by atoms with Crippen molar-refractivity contribution in [1.82, 2.24) is 5.32 Å². The molecule has 1 aliphatic heterocycles. The normalized spacial score (nSPS) is 20.1. The van der Waals surface area contributed by atoms with Gasteiger partial charge in [-0.15, -0.1) is 0 Å². The Morgan fingerprint density at radius 2 is 0.877 bits per heavy atom. The molecule has 0 aromatic heterocycles. The number of ether oxygens (including phenoxy) is 2. The average molecular weight is 920 g/mol. The van der Waals surface area contributed by atoms with Crippen molar-refractivity contribution in [1.29, 1.82) is 0 Å². The second-order valence-electron chi connectivity index (χ2n) is 19.4. The Hall–Kier alpha value is -1.59. The molecule has 1 fully saturated rings. The number of carbonyl (C=O) groups is 1. The van der Waals surface area contributed by atoms with Crippen molar-refractivity contribution in [3.8, 4) is 0 Å². The topological polar surface area (TPSA) is 149 Å². The van der Waals surface area contributed by atoms with Crippen LogP contribution in [0, 0.1) is 0 Å². The second kappa shape index (κ2) is 46.2. The summed E-state index contributed by atoms with van der Waals surface area (Å²) in [6, 6.07) is -0.818. The Balaban J connectivity index is 2.06. The van der Waals surface area contributed by atoms with Gasteiger partial charge in [-0.2, -0.15) is 0 Å². The Bertz CT molecular complexity index is 1110. The number of hydrogen-bond donors (Lipinski definition) is 6. The quantitative estimate of drug-likeness (QED) is 0.0261. The molecule has 0 bridgehead atoms. The van der Waals surface area contributed by atoms with Crippen molar-refractivity contribution in [3.05, 3.63) is 36.5 Å². The number of aliphatic hydroxyl groups excluding tert-OH is 5. The van der Waals surface area contributed by atoms with Crippen molar-refractivity contribution < 1.29 is 39.8 Å². The summed E-state index contributed by atoms with van der Waals surface area (Å²) < 4.78 is 11.2. The minimum absolute atomic E-state index is 0.187. The Morgan fingerprint density at radius 1 is 0.508 bits per heavy atom. The zero-order chi connectivity index (χ0) is 47.3. The molecule has 0 aromatic carbocycles. The van der Waals surface area contributed by atoms with Crippen molar-refractivity contribution in [3.63, 3.8) is 0 Å². The van der Waals surface area contributed by atoms with Gasteiger partial charge in [0, 0.05) is 6.42 Å². The summed E-state index contributed by atoms with van der Waals surface area (Å²) >= 11 is 0. The highest BCUT2D eigenvalue weighted by Gasteiger charge is 2.44. The lowest BCUT2D eigenvalue weighted by molar-refractivity contribution is -0.302. The maximum atomic E-state index is 13.0. The third kappa shape index (κ3) is 36.1. The van der Waals surface area contributed by atoms with Crippen LogP contribution in [0.4, 0.5) is 0 Å². The van der Waals surface area contributed by atoms with Crippen molar-refractivity contribution in [2.45, 2.75) is 301 Å². The molecule has 0 aromatic rings. The standard InChI is InChI=1S/C56H105NO8/c1-3-5-7-9-11-13-14-15-16-17-18-19-20-21-22-23-24-25-26-27-28-29-30-31-32-33-34-35-36-38-40-42-44-46-52(60)57-49(50(59)45-43-41-39-37-12-10-8-6-4-2)48-64-56-55(63)54(62)53(61)51(47-58)65-56/h12,21-22,37,43,45,49-51,53-56,58-59,61-63H,3-11,13-20,23-36,38-42,44,46-48H2,1-2H3,(H,57,60)/b22-21-,37-12+,45-43+. The molecule has 1 rings (SSSR count). The van der Waals surface area contributed by atoms with E-state index in [1.54, 1.807) is 6.08 Å². The van der Waals surface area contributed by atoms with Crippen LogP contribution in [0.2, 0.25) is 0 Å². The van der Waals surface area contributed by atoms with E-state index < -0.39 is 49.5 Å². The molecule has 9 heteroatoms. The van der Waals surface area contributed by atoms with Crippen molar-refractivity contribution in [2.24, 2.45) is 0 Å². The van der Waals surface area contributed by atoms with Crippen LogP contribution in [0.5, 0.6) is 0 Å². The van der Waals surface area contributed by atoms with Gasteiger partial charge in [-0.25, -0.2) is 0 Å². The van der Waals surface area contributed by atoms with Crippen LogP contribution >= 0.6 is 0 Å². The fraction of sp³-hybridized carbons (Fsp3) is 0.875. The molecule has 1 heterocycles. The van der Waals surface area contributed by atoms with E-state index in [4.69, 9.17) is 9.47 Å². The van der Waals surface area contributed by atoms with Crippen molar-refractivity contribution in [2.75, 3.05) is 13.2 Å². The fourth-order valence-electron chi connectivity index (χ4n) is 8.76. The average Bonchev–Trinajstić information content (AvgIpc) is 3.31. The molecule has 0 radical (unpaired) electrons. The summed E-state index contributed by atoms with van der Waals surface area (Å²) in [5.41, 5.74) is 0. The van der Waals surface area contributed by atoms with Gasteiger partial charge >= 0.3 is 0 Å². The zero-order valence-electron chi connectivity index (χ0n) is 42.3. The first-order valence-corrected chi connectivity index (χ1v) is 27.7. The minimum Gasteiger partial charge on any atom is -0.394 e. The van der Waals surface area contributed by atoms with E-state index in [0.717, 1.165) is 38.5 Å². The molecule has 1 amide bonds. The highest BCUT2D eigenvalue weighted by atomic mass is 16.7. The largest absolute Gasteiger partial charge is 0.394 e. The highest BCUT2D eigenvalue weighted by Crippen LogP contribution is 2.23. The molecule has 7 unspecified atom stereocenters. The van der Waals surface area contributed by atoms with E-state index in [-0.39, 0.29) is 12.5 Å². The number of aliphatic hydroxyl groups is 5. The number of unbranched alkanes of at least 4 members (excludes halogenated alkanes) is 33. The molecule has 7 atom stereocenters. The molecule has 1 saturated heterocycles. The maximum absolute atomic E-state index is 13.0. The van der Waals surface area contributed by atoms with Gasteiger partial charge in [0.1, 0.15) is 24.4 Å². The summed E-state index contributed by atoms with van der Waals surface area (Å²) in [6.07, 6.45) is 52.5. The third-order valence-corrected chi connectivity index (χ3v) is 13.2. The first kappa shape index (κ1) is 61.4. The first-order valence-electron chi connectivity index (χ1n) is 27.7. The van der Waals surface area contributed by atoms with Gasteiger partial charge in [-0.05, 0) is 57.8 Å². The van der Waals surface area contributed by atoms with Gasteiger partial charge in [-0.1, -0.05) is 230 Å². The fourth-order valence-corrected chi connectivity index (χ4v) is 8.76. The monoisotopic (exact) mass is 920 g/mol. The SMILES string of the molecule is CCCCC/C=C/CC/C=C/C(O)C(COC1OC(CO)C(O)C(O)C1O)NC(=O)CCCCCCCCCCCCCCCCCCC/C=C\CCCCCCCCCCCCCC. The van der Waals surface area contributed by atoms with Crippen LogP contribution < -0.4 is 5.32 Å². The van der Waals surface area contributed by atoms with Crippen LogP contribution in [-0.2, 0) is 14.3 Å². The molecule has 9 nitrogen and oxygen atoms in total. The van der Waals surface area contributed by atoms with E-state index >= 15 is 0 Å². The molecular weight excluding hydrogens is 815 g/mol. The lowest BCUT2D eigenvalue weighted by Crippen LogP contribution is -2.60. The molecule has 0 saturated carbocycles. The third-order valence-electron chi connectivity index (χ3n) is 13.2. The molecular formula is C56H105NO8. The lowest BCUT2D eigenvalue weighted by atomic mass is 9.99. The predicted octanol–water partition coefficient (Wildman–Crippen LogP) is 13.2. The van der Waals surface area contributed by atoms with Crippen LogP contribution in [-0.4, -0.2) is 87.5 Å². The zero-order valence-corrected chi connectivity index (χ0v) is 42.3. The number of carbonyl (C=O) groups excluding carboxylic acids is 1. The molecule has 6 N–H and O–H groups in total. The molecule has 382 valence electrons. The number of amides is 1.